The maximum absolute atomic E-state index is 12.2. The molecule has 1 heterocycles. The minimum atomic E-state index is -4.04. The van der Waals surface area contributed by atoms with Crippen LogP contribution in [0.15, 0.2) is 39.8 Å². The molecule has 0 fully saturated rings. The van der Waals surface area contributed by atoms with Crippen LogP contribution in [0.5, 0.6) is 5.75 Å². The molecule has 1 aromatic heterocycles. The van der Waals surface area contributed by atoms with E-state index < -0.39 is 26.8 Å². The number of furan rings is 1. The highest BCUT2D eigenvalue weighted by atomic mass is 32.2. The van der Waals surface area contributed by atoms with Crippen molar-refractivity contribution in [3.8, 4) is 5.75 Å². The molecule has 2 rings (SSSR count). The van der Waals surface area contributed by atoms with Crippen molar-refractivity contribution < 1.29 is 27.5 Å². The smallest absolute Gasteiger partial charge is 0.371 e. The largest absolute Gasteiger partial charge is 0.495 e. The first-order valence-electron chi connectivity index (χ1n) is 5.84. The normalized spacial score (nSPS) is 11.1. The number of rotatable bonds is 5. The summed E-state index contributed by atoms with van der Waals surface area (Å²) in [6.45, 7) is 1.80. The molecular formula is C13H13NO6S. The van der Waals surface area contributed by atoms with Crippen molar-refractivity contribution in [2.24, 2.45) is 0 Å². The van der Waals surface area contributed by atoms with Gasteiger partial charge in [-0.3, -0.25) is 4.72 Å². The first kappa shape index (κ1) is 14.9. The Balaban J connectivity index is 2.37. The Hall–Kier alpha value is -2.48. The van der Waals surface area contributed by atoms with Crippen LogP contribution in [0.1, 0.15) is 16.1 Å². The SMILES string of the molecule is COc1ccc(C)cc1NS(=O)(=O)c1ccc(C(=O)O)o1. The zero-order valence-electron chi connectivity index (χ0n) is 11.3. The van der Waals surface area contributed by atoms with Crippen molar-refractivity contribution in [2.75, 3.05) is 11.8 Å². The van der Waals surface area contributed by atoms with Crippen molar-refractivity contribution in [1.82, 2.24) is 0 Å². The molecule has 0 spiro atoms. The maximum atomic E-state index is 12.2. The second kappa shape index (κ2) is 5.49. The zero-order chi connectivity index (χ0) is 15.6. The highest BCUT2D eigenvalue weighted by Crippen LogP contribution is 2.28. The van der Waals surface area contributed by atoms with E-state index in [2.05, 4.69) is 4.72 Å². The van der Waals surface area contributed by atoms with Crippen LogP contribution in [0, 0.1) is 6.92 Å². The first-order chi connectivity index (χ1) is 9.83. The van der Waals surface area contributed by atoms with Gasteiger partial charge in [-0.1, -0.05) is 6.07 Å². The Morgan fingerprint density at radius 1 is 1.29 bits per heavy atom. The molecule has 8 heteroatoms. The predicted octanol–water partition coefficient (Wildman–Crippen LogP) is 2.10. The fourth-order valence-electron chi connectivity index (χ4n) is 1.68. The molecule has 0 radical (unpaired) electrons. The molecule has 0 saturated carbocycles. The molecule has 1 aromatic carbocycles. The number of hydrogen-bond acceptors (Lipinski definition) is 5. The standard InChI is InChI=1S/C13H13NO6S/c1-8-3-4-10(19-2)9(7-8)14-21(17,18)12-6-5-11(20-12)13(15)16/h3-7,14H,1-2H3,(H,15,16). The van der Waals surface area contributed by atoms with Gasteiger partial charge >= 0.3 is 5.97 Å². The van der Waals surface area contributed by atoms with Gasteiger partial charge in [-0.25, -0.2) is 4.79 Å². The minimum Gasteiger partial charge on any atom is -0.495 e. The van der Waals surface area contributed by atoms with Crippen LogP contribution in [-0.4, -0.2) is 26.6 Å². The van der Waals surface area contributed by atoms with Crippen LogP contribution in [0.2, 0.25) is 0 Å². The van der Waals surface area contributed by atoms with Gasteiger partial charge in [0.05, 0.1) is 12.8 Å². The topological polar surface area (TPSA) is 106 Å². The second-order valence-electron chi connectivity index (χ2n) is 4.23. The van der Waals surface area contributed by atoms with Gasteiger partial charge in [-0.15, -0.1) is 0 Å². The molecule has 0 aliphatic heterocycles. The zero-order valence-corrected chi connectivity index (χ0v) is 12.1. The monoisotopic (exact) mass is 311 g/mol. The van der Waals surface area contributed by atoms with Gasteiger partial charge in [0, 0.05) is 0 Å². The average Bonchev–Trinajstić information content (AvgIpc) is 2.89. The van der Waals surface area contributed by atoms with E-state index in [4.69, 9.17) is 14.3 Å². The fourth-order valence-corrected chi connectivity index (χ4v) is 2.67. The highest BCUT2D eigenvalue weighted by Gasteiger charge is 2.22. The Morgan fingerprint density at radius 2 is 2.00 bits per heavy atom. The van der Waals surface area contributed by atoms with Crippen LogP contribution in [0.4, 0.5) is 5.69 Å². The number of sulfonamides is 1. The van der Waals surface area contributed by atoms with E-state index in [1.54, 1.807) is 25.1 Å². The number of methoxy groups -OCH3 is 1. The van der Waals surface area contributed by atoms with Gasteiger partial charge in [0.1, 0.15) is 5.75 Å². The molecule has 21 heavy (non-hydrogen) atoms. The van der Waals surface area contributed by atoms with Crippen molar-refractivity contribution in [3.63, 3.8) is 0 Å². The third-order valence-corrected chi connectivity index (χ3v) is 3.89. The number of benzene rings is 1. The summed E-state index contributed by atoms with van der Waals surface area (Å²) in [5.74, 6) is -1.45. The number of aryl methyl sites for hydroxylation is 1. The quantitative estimate of drug-likeness (QED) is 0.876. The number of hydrogen-bond donors (Lipinski definition) is 2. The lowest BCUT2D eigenvalue weighted by atomic mass is 10.2. The van der Waals surface area contributed by atoms with Gasteiger partial charge < -0.3 is 14.3 Å². The van der Waals surface area contributed by atoms with Crippen LogP contribution < -0.4 is 9.46 Å². The first-order valence-corrected chi connectivity index (χ1v) is 7.32. The second-order valence-corrected chi connectivity index (χ2v) is 5.85. The van der Waals surface area contributed by atoms with Crippen molar-refractivity contribution in [2.45, 2.75) is 12.0 Å². The van der Waals surface area contributed by atoms with E-state index in [1.165, 1.54) is 7.11 Å². The van der Waals surface area contributed by atoms with Crippen molar-refractivity contribution in [1.29, 1.82) is 0 Å². The summed E-state index contributed by atoms with van der Waals surface area (Å²) in [6.07, 6.45) is 0. The van der Waals surface area contributed by atoms with Gasteiger partial charge in [0.25, 0.3) is 10.0 Å². The minimum absolute atomic E-state index is 0.241. The summed E-state index contributed by atoms with van der Waals surface area (Å²) in [6, 6.07) is 7.14. The van der Waals surface area contributed by atoms with E-state index in [0.29, 0.717) is 5.75 Å². The lowest BCUT2D eigenvalue weighted by Crippen LogP contribution is -2.13. The van der Waals surface area contributed by atoms with Gasteiger partial charge in [0.2, 0.25) is 10.9 Å². The Bertz CT molecular complexity index is 778. The fraction of sp³-hybridized carbons (Fsp3) is 0.154. The summed E-state index contributed by atoms with van der Waals surface area (Å²) in [5.41, 5.74) is 1.07. The maximum Gasteiger partial charge on any atom is 0.371 e. The molecule has 0 aliphatic carbocycles. The molecule has 0 bridgehead atoms. The van der Waals surface area contributed by atoms with Gasteiger partial charge in [-0.05, 0) is 36.8 Å². The number of carboxylic acid groups (broad SMARTS) is 1. The van der Waals surface area contributed by atoms with Gasteiger partial charge in [-0.2, -0.15) is 8.42 Å². The summed E-state index contributed by atoms with van der Waals surface area (Å²) in [7, 11) is -2.62. The molecule has 0 amide bonds. The summed E-state index contributed by atoms with van der Waals surface area (Å²) in [4.78, 5) is 10.7. The summed E-state index contributed by atoms with van der Waals surface area (Å²) < 4.78 is 36.5. The predicted molar refractivity (Wildman–Crippen MR) is 74.2 cm³/mol. The van der Waals surface area contributed by atoms with Gasteiger partial charge in [0.15, 0.2) is 0 Å². The van der Waals surface area contributed by atoms with Crippen LogP contribution in [0.25, 0.3) is 0 Å². The molecule has 0 unspecified atom stereocenters. The third-order valence-electron chi connectivity index (χ3n) is 2.66. The average molecular weight is 311 g/mol. The van der Waals surface area contributed by atoms with E-state index in [0.717, 1.165) is 17.7 Å². The molecule has 0 atom stereocenters. The lowest BCUT2D eigenvalue weighted by molar-refractivity contribution is 0.0656. The Kier molecular flexibility index (Phi) is 3.90. The van der Waals surface area contributed by atoms with Crippen molar-refractivity contribution >= 4 is 21.7 Å². The molecule has 2 aromatic rings. The molecule has 0 saturated heterocycles. The number of ether oxygens (including phenoxy) is 1. The number of anilines is 1. The number of carbonyl (C=O) groups is 1. The number of aromatic carboxylic acids is 1. The Morgan fingerprint density at radius 3 is 2.57 bits per heavy atom. The van der Waals surface area contributed by atoms with E-state index in [-0.39, 0.29) is 5.69 Å². The number of carboxylic acids is 1. The van der Waals surface area contributed by atoms with Crippen LogP contribution >= 0.6 is 0 Å². The van der Waals surface area contributed by atoms with E-state index >= 15 is 0 Å². The summed E-state index contributed by atoms with van der Waals surface area (Å²) >= 11 is 0. The molecule has 0 aliphatic rings. The highest BCUT2D eigenvalue weighted by molar-refractivity contribution is 7.92. The van der Waals surface area contributed by atoms with Crippen molar-refractivity contribution in [3.05, 3.63) is 41.7 Å². The Labute approximate surface area is 121 Å². The van der Waals surface area contributed by atoms with Crippen LogP contribution in [0.3, 0.4) is 0 Å². The van der Waals surface area contributed by atoms with E-state index in [1.807, 2.05) is 0 Å². The molecule has 7 nitrogen and oxygen atoms in total. The van der Waals surface area contributed by atoms with Crippen LogP contribution in [-0.2, 0) is 10.0 Å². The molecular weight excluding hydrogens is 298 g/mol. The molecule has 112 valence electrons. The summed E-state index contributed by atoms with van der Waals surface area (Å²) in [5, 5.41) is 8.26. The third kappa shape index (κ3) is 3.16. The molecule has 2 N–H and O–H groups in total. The van der Waals surface area contributed by atoms with E-state index in [9.17, 15) is 13.2 Å². The lowest BCUT2D eigenvalue weighted by Gasteiger charge is -2.11. The number of nitrogens with one attached hydrogen (secondary N) is 1.